The summed E-state index contributed by atoms with van der Waals surface area (Å²) in [6, 6.07) is 7.40. The topological polar surface area (TPSA) is 41.1 Å². The number of carbonyl (C=O) groups excluding carboxylic acids is 1. The molecule has 1 saturated heterocycles. The molecule has 1 unspecified atom stereocenters. The third-order valence-electron chi connectivity index (χ3n) is 2.45. The molecule has 1 fully saturated rings. The largest absolute Gasteiger partial charge is 0.335 e. The van der Waals surface area contributed by atoms with Gasteiger partial charge in [-0.15, -0.1) is 0 Å². The predicted octanol–water partition coefficient (Wildman–Crippen LogP) is 1.87. The summed E-state index contributed by atoms with van der Waals surface area (Å²) in [6.07, 6.45) is 0. The molecule has 1 aromatic carbocycles. The lowest BCUT2D eigenvalue weighted by Gasteiger charge is -2.23. The first-order chi connectivity index (χ1) is 6.60. The summed E-state index contributed by atoms with van der Waals surface area (Å²) in [6.45, 7) is 2.56. The Morgan fingerprint density at radius 1 is 1.50 bits per heavy atom. The first kappa shape index (κ1) is 9.34. The molecule has 0 saturated carbocycles. The maximum absolute atomic E-state index is 11.1. The highest BCUT2D eigenvalue weighted by Crippen LogP contribution is 2.25. The molecule has 14 heavy (non-hydrogen) atoms. The number of carbonyl (C=O) groups is 1. The molecule has 0 spiro atoms. The lowest BCUT2D eigenvalue weighted by Crippen LogP contribution is -2.37. The number of hydrogen-bond donors (Lipinski definition) is 2. The van der Waals surface area contributed by atoms with E-state index in [9.17, 15) is 4.79 Å². The van der Waals surface area contributed by atoms with Gasteiger partial charge in [0.15, 0.2) is 0 Å². The standard InChI is InChI=1S/C10H11ClN2O/c1-10(6-12-9(14)13-10)7-3-2-4-8(11)5-7/h2-5H,6H2,1H3,(H2,12,13,14). The van der Waals surface area contributed by atoms with Crippen LogP contribution >= 0.6 is 11.6 Å². The summed E-state index contributed by atoms with van der Waals surface area (Å²) in [7, 11) is 0. The highest BCUT2D eigenvalue weighted by Gasteiger charge is 2.34. The summed E-state index contributed by atoms with van der Waals surface area (Å²) in [5.74, 6) is 0. The predicted molar refractivity (Wildman–Crippen MR) is 55.3 cm³/mol. The molecular formula is C10H11ClN2O. The Hall–Kier alpha value is -1.22. The molecule has 2 N–H and O–H groups in total. The molecule has 0 aromatic heterocycles. The first-order valence-corrected chi connectivity index (χ1v) is 4.80. The van der Waals surface area contributed by atoms with Crippen LogP contribution in [0.4, 0.5) is 4.79 Å². The average Bonchev–Trinajstić information content (AvgIpc) is 2.48. The molecule has 0 aliphatic carbocycles. The highest BCUT2D eigenvalue weighted by molar-refractivity contribution is 6.30. The number of halogens is 1. The van der Waals surface area contributed by atoms with E-state index in [0.29, 0.717) is 11.6 Å². The Labute approximate surface area is 87.4 Å². The van der Waals surface area contributed by atoms with Crippen LogP contribution in [0, 0.1) is 0 Å². The minimum atomic E-state index is -0.345. The van der Waals surface area contributed by atoms with Gasteiger partial charge in [0.25, 0.3) is 0 Å². The van der Waals surface area contributed by atoms with Crippen molar-refractivity contribution in [3.8, 4) is 0 Å². The van der Waals surface area contributed by atoms with Crippen molar-refractivity contribution in [3.05, 3.63) is 34.9 Å². The first-order valence-electron chi connectivity index (χ1n) is 4.42. The molecule has 1 aromatic rings. The van der Waals surface area contributed by atoms with Crippen LogP contribution in [-0.2, 0) is 5.54 Å². The molecule has 1 aliphatic rings. The van der Waals surface area contributed by atoms with E-state index >= 15 is 0 Å². The molecule has 4 heteroatoms. The fourth-order valence-electron chi connectivity index (χ4n) is 1.60. The minimum Gasteiger partial charge on any atom is -0.335 e. The van der Waals surface area contributed by atoms with E-state index < -0.39 is 0 Å². The van der Waals surface area contributed by atoms with Crippen LogP contribution in [0.1, 0.15) is 12.5 Å². The summed E-state index contributed by atoms with van der Waals surface area (Å²) < 4.78 is 0. The van der Waals surface area contributed by atoms with Gasteiger partial charge in [-0.25, -0.2) is 4.79 Å². The van der Waals surface area contributed by atoms with Gasteiger partial charge in [-0.2, -0.15) is 0 Å². The Morgan fingerprint density at radius 2 is 2.29 bits per heavy atom. The molecular weight excluding hydrogens is 200 g/mol. The van der Waals surface area contributed by atoms with Crippen LogP contribution in [0.5, 0.6) is 0 Å². The number of hydrogen-bond acceptors (Lipinski definition) is 1. The Balaban J connectivity index is 2.34. The van der Waals surface area contributed by atoms with Crippen molar-refractivity contribution in [1.82, 2.24) is 10.6 Å². The second-order valence-corrected chi connectivity index (χ2v) is 4.09. The molecule has 1 heterocycles. The van der Waals surface area contributed by atoms with Gasteiger partial charge in [0.2, 0.25) is 0 Å². The molecule has 0 bridgehead atoms. The van der Waals surface area contributed by atoms with Crippen LogP contribution in [0.25, 0.3) is 0 Å². The number of rotatable bonds is 1. The van der Waals surface area contributed by atoms with Crippen molar-refractivity contribution < 1.29 is 4.79 Å². The summed E-state index contributed by atoms with van der Waals surface area (Å²) in [5, 5.41) is 6.29. The van der Waals surface area contributed by atoms with Crippen molar-refractivity contribution in [2.75, 3.05) is 6.54 Å². The molecule has 1 aliphatic heterocycles. The van der Waals surface area contributed by atoms with Crippen molar-refractivity contribution in [1.29, 1.82) is 0 Å². The van der Waals surface area contributed by atoms with Crippen molar-refractivity contribution in [2.24, 2.45) is 0 Å². The molecule has 0 radical (unpaired) electrons. The molecule has 2 rings (SSSR count). The lowest BCUT2D eigenvalue weighted by molar-refractivity contribution is 0.245. The molecule has 3 nitrogen and oxygen atoms in total. The van der Waals surface area contributed by atoms with Gasteiger partial charge in [0, 0.05) is 11.6 Å². The summed E-state index contributed by atoms with van der Waals surface area (Å²) in [5.41, 5.74) is 0.672. The van der Waals surface area contributed by atoms with E-state index in [1.54, 1.807) is 0 Å². The average molecular weight is 211 g/mol. The lowest BCUT2D eigenvalue weighted by atomic mass is 9.93. The van der Waals surface area contributed by atoms with Crippen LogP contribution in [-0.4, -0.2) is 12.6 Å². The Bertz CT molecular complexity index is 380. The van der Waals surface area contributed by atoms with Crippen LogP contribution < -0.4 is 10.6 Å². The fourth-order valence-corrected chi connectivity index (χ4v) is 1.79. The SMILES string of the molecule is CC1(c2cccc(Cl)c2)CNC(=O)N1. The number of urea groups is 1. The van der Waals surface area contributed by atoms with E-state index in [0.717, 1.165) is 5.56 Å². The zero-order chi connectivity index (χ0) is 10.2. The minimum absolute atomic E-state index is 0.132. The fraction of sp³-hybridized carbons (Fsp3) is 0.300. The van der Waals surface area contributed by atoms with Gasteiger partial charge in [-0.3, -0.25) is 0 Å². The third-order valence-corrected chi connectivity index (χ3v) is 2.69. The second-order valence-electron chi connectivity index (χ2n) is 3.65. The Morgan fingerprint density at radius 3 is 2.86 bits per heavy atom. The maximum atomic E-state index is 11.1. The quantitative estimate of drug-likeness (QED) is 0.730. The van der Waals surface area contributed by atoms with E-state index in [1.807, 2.05) is 31.2 Å². The van der Waals surface area contributed by atoms with Crippen molar-refractivity contribution in [2.45, 2.75) is 12.5 Å². The molecule has 74 valence electrons. The third kappa shape index (κ3) is 1.55. The van der Waals surface area contributed by atoms with Gasteiger partial charge in [-0.05, 0) is 24.6 Å². The monoisotopic (exact) mass is 210 g/mol. The van der Waals surface area contributed by atoms with Gasteiger partial charge < -0.3 is 10.6 Å². The van der Waals surface area contributed by atoms with E-state index in [1.165, 1.54) is 0 Å². The Kier molecular flexibility index (Phi) is 2.11. The number of amides is 2. The van der Waals surface area contributed by atoms with Crippen LogP contribution in [0.3, 0.4) is 0 Å². The highest BCUT2D eigenvalue weighted by atomic mass is 35.5. The number of nitrogens with one attached hydrogen (secondary N) is 2. The second kappa shape index (κ2) is 3.17. The van der Waals surface area contributed by atoms with Crippen molar-refractivity contribution >= 4 is 17.6 Å². The molecule has 2 amide bonds. The van der Waals surface area contributed by atoms with E-state index in [-0.39, 0.29) is 11.6 Å². The van der Waals surface area contributed by atoms with E-state index in [4.69, 9.17) is 11.6 Å². The number of benzene rings is 1. The molecule has 1 atom stereocenters. The maximum Gasteiger partial charge on any atom is 0.315 e. The van der Waals surface area contributed by atoms with Crippen molar-refractivity contribution in [3.63, 3.8) is 0 Å². The van der Waals surface area contributed by atoms with Gasteiger partial charge >= 0.3 is 6.03 Å². The summed E-state index contributed by atoms with van der Waals surface area (Å²) in [4.78, 5) is 11.1. The normalized spacial score (nSPS) is 25.7. The summed E-state index contributed by atoms with van der Waals surface area (Å²) >= 11 is 5.89. The van der Waals surface area contributed by atoms with Crippen LogP contribution in [0.15, 0.2) is 24.3 Å². The van der Waals surface area contributed by atoms with Gasteiger partial charge in [0.05, 0.1) is 5.54 Å². The van der Waals surface area contributed by atoms with Gasteiger partial charge in [0.1, 0.15) is 0 Å². The van der Waals surface area contributed by atoms with Crippen LogP contribution in [0.2, 0.25) is 5.02 Å². The van der Waals surface area contributed by atoms with Gasteiger partial charge in [-0.1, -0.05) is 23.7 Å². The smallest absolute Gasteiger partial charge is 0.315 e. The zero-order valence-electron chi connectivity index (χ0n) is 7.80. The van der Waals surface area contributed by atoms with E-state index in [2.05, 4.69) is 10.6 Å². The zero-order valence-corrected chi connectivity index (χ0v) is 8.56.